The fraction of sp³-hybridized carbons (Fsp3) is 0.360. The third kappa shape index (κ3) is 4.77. The van der Waals surface area contributed by atoms with Gasteiger partial charge in [-0.2, -0.15) is 9.78 Å². The predicted octanol–water partition coefficient (Wildman–Crippen LogP) is 3.28. The Kier molecular flexibility index (Phi) is 6.88. The highest BCUT2D eigenvalue weighted by Gasteiger charge is 2.26. The highest BCUT2D eigenvalue weighted by atomic mass is 35.5. The van der Waals surface area contributed by atoms with Crippen LogP contribution in [0.15, 0.2) is 47.3 Å². The van der Waals surface area contributed by atoms with Gasteiger partial charge in [0.2, 0.25) is 5.91 Å². The van der Waals surface area contributed by atoms with Gasteiger partial charge in [0, 0.05) is 18.5 Å². The maximum Gasteiger partial charge on any atom is 0.279 e. The molecule has 2 atom stereocenters. The number of halogens is 1. The van der Waals surface area contributed by atoms with Gasteiger partial charge in [0.25, 0.3) is 11.5 Å². The van der Waals surface area contributed by atoms with Crippen molar-refractivity contribution < 1.29 is 14.3 Å². The number of carbonyl (C=O) groups is 2. The molecule has 9 heteroatoms. The molecule has 1 saturated heterocycles. The number of nitrogens with one attached hydrogen (secondary N) is 1. The molecule has 0 saturated carbocycles. The molecule has 3 aromatic rings. The van der Waals surface area contributed by atoms with E-state index >= 15 is 0 Å². The van der Waals surface area contributed by atoms with Gasteiger partial charge in [-0.1, -0.05) is 43.6 Å². The van der Waals surface area contributed by atoms with Crippen molar-refractivity contribution in [2.75, 3.05) is 26.7 Å². The van der Waals surface area contributed by atoms with Crippen LogP contribution in [0.25, 0.3) is 16.5 Å². The maximum absolute atomic E-state index is 13.1. The molecule has 1 aromatic heterocycles. The molecule has 2 heterocycles. The van der Waals surface area contributed by atoms with E-state index in [1.165, 1.54) is 7.11 Å². The first-order valence-corrected chi connectivity index (χ1v) is 11.6. The quantitative estimate of drug-likeness (QED) is 0.602. The largest absolute Gasteiger partial charge is 0.495 e. The Hall–Kier alpha value is -3.39. The lowest BCUT2D eigenvalue weighted by atomic mass is 9.92. The van der Waals surface area contributed by atoms with E-state index < -0.39 is 5.91 Å². The SMILES string of the molecule is COc1ccc(-n2nc(C(=O)NCC(=O)N3C[C@@H](C)C[C@H](C)C3)c3ccccc3c2=O)cc1Cl. The number of rotatable bonds is 5. The molecule has 0 radical (unpaired) electrons. The average molecular weight is 483 g/mol. The smallest absolute Gasteiger partial charge is 0.279 e. The van der Waals surface area contributed by atoms with E-state index in [2.05, 4.69) is 24.3 Å². The average Bonchev–Trinajstić information content (AvgIpc) is 2.82. The van der Waals surface area contributed by atoms with E-state index in [1.807, 2.05) is 0 Å². The Morgan fingerprint density at radius 1 is 1.12 bits per heavy atom. The molecule has 1 fully saturated rings. The molecule has 8 nitrogen and oxygen atoms in total. The van der Waals surface area contributed by atoms with Gasteiger partial charge in [-0.25, -0.2) is 0 Å². The van der Waals surface area contributed by atoms with Gasteiger partial charge in [-0.05, 0) is 42.5 Å². The lowest BCUT2D eigenvalue weighted by Crippen LogP contribution is -2.47. The zero-order valence-corrected chi connectivity index (χ0v) is 20.1. The van der Waals surface area contributed by atoms with E-state index in [9.17, 15) is 14.4 Å². The Balaban J connectivity index is 1.65. The summed E-state index contributed by atoms with van der Waals surface area (Å²) in [5.41, 5.74) is 0.0547. The van der Waals surface area contributed by atoms with Gasteiger partial charge in [-0.15, -0.1) is 0 Å². The maximum atomic E-state index is 13.1. The summed E-state index contributed by atoms with van der Waals surface area (Å²) in [6, 6.07) is 11.6. The molecule has 2 amide bonds. The van der Waals surface area contributed by atoms with Crippen LogP contribution < -0.4 is 15.6 Å². The lowest BCUT2D eigenvalue weighted by molar-refractivity contribution is -0.132. The summed E-state index contributed by atoms with van der Waals surface area (Å²) < 4.78 is 6.31. The predicted molar refractivity (Wildman–Crippen MR) is 131 cm³/mol. The van der Waals surface area contributed by atoms with Crippen LogP contribution in [0, 0.1) is 11.8 Å². The molecule has 0 aliphatic carbocycles. The second-order valence-electron chi connectivity index (χ2n) is 8.86. The number of aromatic nitrogens is 2. The van der Waals surface area contributed by atoms with Crippen molar-refractivity contribution >= 4 is 34.2 Å². The molecule has 178 valence electrons. The van der Waals surface area contributed by atoms with E-state index in [0.29, 0.717) is 52.2 Å². The topological polar surface area (TPSA) is 93.5 Å². The van der Waals surface area contributed by atoms with Crippen molar-refractivity contribution in [3.05, 3.63) is 63.5 Å². The minimum absolute atomic E-state index is 0.0512. The van der Waals surface area contributed by atoms with Crippen LogP contribution in [-0.4, -0.2) is 53.2 Å². The van der Waals surface area contributed by atoms with Crippen LogP contribution in [0.1, 0.15) is 30.8 Å². The Morgan fingerprint density at radius 3 is 2.44 bits per heavy atom. The van der Waals surface area contributed by atoms with Crippen molar-refractivity contribution in [2.24, 2.45) is 11.8 Å². The van der Waals surface area contributed by atoms with E-state index in [-0.39, 0.29) is 23.7 Å². The highest BCUT2D eigenvalue weighted by Crippen LogP contribution is 2.26. The number of nitrogens with zero attached hydrogens (tertiary/aromatic N) is 3. The number of hydrogen-bond donors (Lipinski definition) is 1. The molecule has 0 bridgehead atoms. The number of carbonyl (C=O) groups excluding carboxylic acids is 2. The summed E-state index contributed by atoms with van der Waals surface area (Å²) in [5, 5.41) is 8.09. The first kappa shape index (κ1) is 23.8. The lowest BCUT2D eigenvalue weighted by Gasteiger charge is -2.35. The highest BCUT2D eigenvalue weighted by molar-refractivity contribution is 6.32. The number of likely N-dealkylation sites (tertiary alicyclic amines) is 1. The van der Waals surface area contributed by atoms with Crippen LogP contribution in [0.3, 0.4) is 0 Å². The van der Waals surface area contributed by atoms with E-state index in [1.54, 1.807) is 47.4 Å². The van der Waals surface area contributed by atoms with Crippen molar-refractivity contribution in [3.8, 4) is 11.4 Å². The van der Waals surface area contributed by atoms with Crippen LogP contribution in [0.5, 0.6) is 5.75 Å². The number of fused-ring (bicyclic) bond motifs is 1. The number of amides is 2. The van der Waals surface area contributed by atoms with Crippen molar-refractivity contribution in [1.29, 1.82) is 0 Å². The molecule has 0 unspecified atom stereocenters. The Bertz CT molecular complexity index is 1300. The minimum Gasteiger partial charge on any atom is -0.495 e. The van der Waals surface area contributed by atoms with E-state index in [4.69, 9.17) is 16.3 Å². The molecular weight excluding hydrogens is 456 g/mol. The van der Waals surface area contributed by atoms with Crippen molar-refractivity contribution in [3.63, 3.8) is 0 Å². The second kappa shape index (κ2) is 9.85. The van der Waals surface area contributed by atoms with Crippen LogP contribution in [-0.2, 0) is 4.79 Å². The second-order valence-corrected chi connectivity index (χ2v) is 9.26. The fourth-order valence-electron chi connectivity index (χ4n) is 4.54. The van der Waals surface area contributed by atoms with Gasteiger partial charge in [0.15, 0.2) is 5.69 Å². The van der Waals surface area contributed by atoms with Gasteiger partial charge < -0.3 is 15.0 Å². The van der Waals surface area contributed by atoms with Crippen LogP contribution in [0.2, 0.25) is 5.02 Å². The molecule has 34 heavy (non-hydrogen) atoms. The molecular formula is C25H27ClN4O4. The number of methoxy groups -OCH3 is 1. The standard InChI is InChI=1S/C25H27ClN4O4/c1-15-10-16(2)14-29(13-15)22(31)12-27-24(32)23-18-6-4-5-7-19(18)25(33)30(28-23)17-8-9-21(34-3)20(26)11-17/h4-9,11,15-16H,10,12-14H2,1-3H3,(H,27,32)/t15-,16-/m0/s1. The van der Waals surface area contributed by atoms with Crippen molar-refractivity contribution in [1.82, 2.24) is 20.0 Å². The molecule has 1 aliphatic rings. The third-order valence-electron chi connectivity index (χ3n) is 6.02. The van der Waals surface area contributed by atoms with Crippen LogP contribution >= 0.6 is 11.6 Å². The monoisotopic (exact) mass is 482 g/mol. The molecule has 2 aromatic carbocycles. The summed E-state index contributed by atoms with van der Waals surface area (Å²) in [6.07, 6.45) is 1.09. The summed E-state index contributed by atoms with van der Waals surface area (Å²) in [4.78, 5) is 40.8. The third-order valence-corrected chi connectivity index (χ3v) is 6.32. The zero-order chi connectivity index (χ0) is 24.4. The molecule has 4 rings (SSSR count). The van der Waals surface area contributed by atoms with Crippen LogP contribution in [0.4, 0.5) is 0 Å². The molecule has 0 spiro atoms. The Labute approximate surface area is 202 Å². The summed E-state index contributed by atoms with van der Waals surface area (Å²) in [6.45, 7) is 5.48. The van der Waals surface area contributed by atoms with Gasteiger partial charge in [0.1, 0.15) is 5.75 Å². The molecule has 1 aliphatic heterocycles. The molecule has 1 N–H and O–H groups in total. The number of benzene rings is 2. The minimum atomic E-state index is -0.531. The van der Waals surface area contributed by atoms with E-state index in [0.717, 1.165) is 11.1 Å². The zero-order valence-electron chi connectivity index (χ0n) is 19.4. The number of piperidine rings is 1. The first-order chi connectivity index (χ1) is 16.3. The summed E-state index contributed by atoms with van der Waals surface area (Å²) >= 11 is 6.24. The summed E-state index contributed by atoms with van der Waals surface area (Å²) in [5.74, 6) is 0.641. The normalized spacial score (nSPS) is 18.1. The van der Waals surface area contributed by atoms with Gasteiger partial charge in [-0.3, -0.25) is 14.4 Å². The van der Waals surface area contributed by atoms with Gasteiger partial charge >= 0.3 is 0 Å². The van der Waals surface area contributed by atoms with Gasteiger partial charge in [0.05, 0.1) is 29.8 Å². The Morgan fingerprint density at radius 2 is 1.79 bits per heavy atom. The number of ether oxygens (including phenoxy) is 1. The first-order valence-electron chi connectivity index (χ1n) is 11.2. The van der Waals surface area contributed by atoms with Crippen molar-refractivity contribution in [2.45, 2.75) is 20.3 Å². The summed E-state index contributed by atoms with van der Waals surface area (Å²) in [7, 11) is 1.50. The number of hydrogen-bond acceptors (Lipinski definition) is 5. The fourth-order valence-corrected chi connectivity index (χ4v) is 4.79.